The molecule has 7 heteroatoms. The Morgan fingerprint density at radius 3 is 1.77 bits per heavy atom. The van der Waals surface area contributed by atoms with Crippen molar-refractivity contribution in [2.45, 2.75) is 108 Å². The normalized spacial score (nSPS) is 13.4. The fourth-order valence-electron chi connectivity index (χ4n) is 9.40. The number of carbonyl (C=O) groups is 2. The molecule has 6 aromatic rings. The predicted molar refractivity (Wildman–Crippen MR) is 239 cm³/mol. The Bertz CT molecular complexity index is 2490. The number of aryl methyl sites for hydroxylation is 1. The summed E-state index contributed by atoms with van der Waals surface area (Å²) >= 11 is 0. The molecular formula is C53H55F3O4. The minimum absolute atomic E-state index is 0.0184. The third-order valence-electron chi connectivity index (χ3n) is 12.4. The summed E-state index contributed by atoms with van der Waals surface area (Å²) in [5, 5.41) is 7.41. The Balaban J connectivity index is 1.31. The molecule has 0 saturated carbocycles. The number of alkyl halides is 3. The SMILES string of the molecule is C=CC(=O)OCCCCCC1(CCCCCOC(=O)C=C)c2cc(CCCC(F)(F)F)ccc2-c2ccc(-c3ccc4ccc5cc(C(C)(C)C)cc6ccc3c4c56)cc21. The zero-order chi connectivity index (χ0) is 42.7. The van der Waals surface area contributed by atoms with Crippen LogP contribution >= 0.6 is 0 Å². The molecule has 1 aliphatic carbocycles. The summed E-state index contributed by atoms with van der Waals surface area (Å²) in [4.78, 5) is 23.5. The molecule has 0 spiro atoms. The average Bonchev–Trinajstić information content (AvgIpc) is 3.48. The van der Waals surface area contributed by atoms with Crippen molar-refractivity contribution in [1.82, 2.24) is 0 Å². The minimum atomic E-state index is -4.20. The smallest absolute Gasteiger partial charge is 0.389 e. The zero-order valence-electron chi connectivity index (χ0n) is 35.1. The highest BCUT2D eigenvalue weighted by Crippen LogP contribution is 2.56. The molecule has 0 N–H and O–H groups in total. The van der Waals surface area contributed by atoms with Crippen LogP contribution in [0.2, 0.25) is 0 Å². The van der Waals surface area contributed by atoms with Crippen molar-refractivity contribution in [1.29, 1.82) is 0 Å². The largest absolute Gasteiger partial charge is 0.463 e. The lowest BCUT2D eigenvalue weighted by molar-refractivity contribution is -0.138. The van der Waals surface area contributed by atoms with Gasteiger partial charge in [0.25, 0.3) is 0 Å². The van der Waals surface area contributed by atoms with Crippen LogP contribution in [-0.4, -0.2) is 31.3 Å². The van der Waals surface area contributed by atoms with Crippen LogP contribution in [0, 0.1) is 0 Å². The molecule has 0 bridgehead atoms. The van der Waals surface area contributed by atoms with Crippen molar-refractivity contribution in [2.24, 2.45) is 0 Å². The Morgan fingerprint density at radius 1 is 0.617 bits per heavy atom. The summed E-state index contributed by atoms with van der Waals surface area (Å²) in [6, 6.07) is 31.3. The maximum atomic E-state index is 13.3. The van der Waals surface area contributed by atoms with Crippen LogP contribution in [-0.2, 0) is 36.3 Å². The standard InChI is InChI=1S/C53H55F3O4/c1-6-47(57)59-29-12-8-10-26-52(27-11-9-13-30-60-48(58)7-2)45-31-35(15-14-28-53(54,55)56)16-22-42(45)43-24-20-37(34-46(43)52)41-23-19-36-17-18-38-32-40(51(3,4)5)33-39-21-25-44(41)50(36)49(38)39/h6-7,16-25,31-34H,1-2,8-15,26-30H2,3-5H3. The van der Waals surface area contributed by atoms with Crippen molar-refractivity contribution in [3.63, 3.8) is 0 Å². The molecule has 0 atom stereocenters. The van der Waals surface area contributed by atoms with E-state index in [1.807, 2.05) is 6.07 Å². The van der Waals surface area contributed by atoms with Crippen molar-refractivity contribution in [2.75, 3.05) is 13.2 Å². The van der Waals surface area contributed by atoms with Gasteiger partial charge in [-0.05, 0) is 127 Å². The van der Waals surface area contributed by atoms with Gasteiger partial charge < -0.3 is 9.47 Å². The Labute approximate surface area is 351 Å². The van der Waals surface area contributed by atoms with Crippen molar-refractivity contribution in [3.8, 4) is 22.3 Å². The lowest BCUT2D eigenvalue weighted by Crippen LogP contribution is -2.26. The van der Waals surface area contributed by atoms with Crippen LogP contribution in [0.4, 0.5) is 13.2 Å². The molecule has 1 aliphatic rings. The summed E-state index contributed by atoms with van der Waals surface area (Å²) in [6.45, 7) is 14.4. The maximum Gasteiger partial charge on any atom is 0.389 e. The van der Waals surface area contributed by atoms with E-state index in [-0.39, 0.29) is 11.8 Å². The molecule has 60 heavy (non-hydrogen) atoms. The second kappa shape index (κ2) is 17.7. The van der Waals surface area contributed by atoms with Gasteiger partial charge in [0.1, 0.15) is 0 Å². The Kier molecular flexibility index (Phi) is 12.6. The molecule has 0 aromatic heterocycles. The van der Waals surface area contributed by atoms with Gasteiger partial charge >= 0.3 is 18.1 Å². The number of benzene rings is 6. The van der Waals surface area contributed by atoms with E-state index in [4.69, 9.17) is 9.47 Å². The number of hydrogen-bond donors (Lipinski definition) is 0. The van der Waals surface area contributed by atoms with Gasteiger partial charge in [0, 0.05) is 24.0 Å². The quantitative estimate of drug-likeness (QED) is 0.0375. The van der Waals surface area contributed by atoms with Gasteiger partial charge in [0.2, 0.25) is 0 Å². The maximum absolute atomic E-state index is 13.3. The van der Waals surface area contributed by atoms with Crippen molar-refractivity contribution in [3.05, 3.63) is 132 Å². The Hall–Kier alpha value is -5.43. The number of fused-ring (bicyclic) bond motifs is 3. The van der Waals surface area contributed by atoms with Crippen LogP contribution in [0.25, 0.3) is 54.6 Å². The van der Waals surface area contributed by atoms with E-state index in [0.29, 0.717) is 32.5 Å². The lowest BCUT2D eigenvalue weighted by atomic mass is 9.70. The van der Waals surface area contributed by atoms with Gasteiger partial charge in [-0.15, -0.1) is 0 Å². The van der Waals surface area contributed by atoms with Crippen molar-refractivity contribution >= 4 is 44.3 Å². The third-order valence-corrected chi connectivity index (χ3v) is 12.4. The highest BCUT2D eigenvalue weighted by molar-refractivity contribution is 6.25. The Morgan fingerprint density at radius 2 is 1.17 bits per heavy atom. The van der Waals surface area contributed by atoms with Gasteiger partial charge in [-0.2, -0.15) is 13.2 Å². The number of unbranched alkanes of at least 4 members (excludes halogenated alkanes) is 4. The first-order chi connectivity index (χ1) is 28.7. The molecule has 0 unspecified atom stereocenters. The van der Waals surface area contributed by atoms with E-state index in [9.17, 15) is 22.8 Å². The first-order valence-corrected chi connectivity index (χ1v) is 21.4. The molecule has 7 rings (SSSR count). The van der Waals surface area contributed by atoms with Crippen LogP contribution in [0.5, 0.6) is 0 Å². The van der Waals surface area contributed by atoms with Crippen LogP contribution < -0.4 is 0 Å². The third kappa shape index (κ3) is 9.01. The number of esters is 2. The first-order valence-electron chi connectivity index (χ1n) is 21.4. The van der Waals surface area contributed by atoms with E-state index in [2.05, 4.69) is 113 Å². The average molecular weight is 813 g/mol. The van der Waals surface area contributed by atoms with Gasteiger partial charge in [0.15, 0.2) is 0 Å². The van der Waals surface area contributed by atoms with E-state index in [1.54, 1.807) is 0 Å². The summed E-state index contributed by atoms with van der Waals surface area (Å²) < 4.78 is 50.3. The number of ether oxygens (including phenoxy) is 2. The van der Waals surface area contributed by atoms with E-state index < -0.39 is 30.0 Å². The molecule has 0 fully saturated rings. The molecule has 0 heterocycles. The van der Waals surface area contributed by atoms with Crippen LogP contribution in [0.15, 0.2) is 110 Å². The monoisotopic (exact) mass is 812 g/mol. The minimum Gasteiger partial charge on any atom is -0.463 e. The molecular weight excluding hydrogens is 758 g/mol. The topological polar surface area (TPSA) is 52.6 Å². The second-order valence-electron chi connectivity index (χ2n) is 17.5. The fraction of sp³-hybridized carbons (Fsp3) is 0.358. The molecule has 6 aromatic carbocycles. The number of hydrogen-bond acceptors (Lipinski definition) is 4. The highest BCUT2D eigenvalue weighted by Gasteiger charge is 2.42. The molecule has 4 nitrogen and oxygen atoms in total. The summed E-state index contributed by atoms with van der Waals surface area (Å²) in [6.07, 6.45) is 4.16. The van der Waals surface area contributed by atoms with Crippen molar-refractivity contribution < 1.29 is 32.2 Å². The molecule has 312 valence electrons. The predicted octanol–water partition coefficient (Wildman–Crippen LogP) is 14.3. The summed E-state index contributed by atoms with van der Waals surface area (Å²) in [7, 11) is 0. The van der Waals surface area contributed by atoms with Crippen LogP contribution in [0.1, 0.15) is 107 Å². The van der Waals surface area contributed by atoms with E-state index in [1.165, 1.54) is 61.2 Å². The zero-order valence-corrected chi connectivity index (χ0v) is 35.1. The second-order valence-corrected chi connectivity index (χ2v) is 17.5. The summed E-state index contributed by atoms with van der Waals surface area (Å²) in [5.74, 6) is -0.869. The van der Waals surface area contributed by atoms with Gasteiger partial charge in [-0.25, -0.2) is 9.59 Å². The molecule has 0 saturated heterocycles. The number of carbonyl (C=O) groups excluding carboxylic acids is 2. The molecule has 0 amide bonds. The molecule has 0 radical (unpaired) electrons. The molecule has 0 aliphatic heterocycles. The number of rotatable bonds is 18. The van der Waals surface area contributed by atoms with Gasteiger partial charge in [-0.1, -0.05) is 138 Å². The lowest BCUT2D eigenvalue weighted by Gasteiger charge is -2.33. The fourth-order valence-corrected chi connectivity index (χ4v) is 9.40. The van der Waals surface area contributed by atoms with Gasteiger partial charge in [-0.3, -0.25) is 0 Å². The van der Waals surface area contributed by atoms with E-state index >= 15 is 0 Å². The number of halogens is 3. The highest BCUT2D eigenvalue weighted by atomic mass is 19.4. The van der Waals surface area contributed by atoms with Crippen LogP contribution in [0.3, 0.4) is 0 Å². The summed E-state index contributed by atoms with van der Waals surface area (Å²) in [5.41, 5.74) is 8.78. The first kappa shape index (κ1) is 42.7. The van der Waals surface area contributed by atoms with Gasteiger partial charge in [0.05, 0.1) is 13.2 Å². The van der Waals surface area contributed by atoms with E-state index in [0.717, 1.165) is 66.3 Å².